The average Bonchev–Trinajstić information content (AvgIpc) is 2.82. The van der Waals surface area contributed by atoms with Gasteiger partial charge in [-0.25, -0.2) is 9.59 Å². The lowest BCUT2D eigenvalue weighted by molar-refractivity contribution is 0.0320. The summed E-state index contributed by atoms with van der Waals surface area (Å²) in [6.45, 7) is 13.7. The largest absolute Gasteiger partial charge is 0.444 e. The summed E-state index contributed by atoms with van der Waals surface area (Å²) < 4.78 is 48.0. The minimum Gasteiger partial charge on any atom is -0.444 e. The van der Waals surface area contributed by atoms with E-state index in [1.54, 1.807) is 20.8 Å². The summed E-state index contributed by atoms with van der Waals surface area (Å²) in [7, 11) is -3.48. The van der Waals surface area contributed by atoms with E-state index in [2.05, 4.69) is 10.6 Å². The molecule has 2 unspecified atom stereocenters. The molecule has 0 spiro atoms. The number of carbonyl (C=O) groups excluding carboxylic acids is 2. The third-order valence-corrected chi connectivity index (χ3v) is 6.84. The number of rotatable bonds is 10. The third-order valence-electron chi connectivity index (χ3n) is 6.24. The van der Waals surface area contributed by atoms with Gasteiger partial charge in [-0.3, -0.25) is 4.18 Å². The Morgan fingerprint density at radius 1 is 0.800 bits per heavy atom. The summed E-state index contributed by atoms with van der Waals surface area (Å²) in [5.41, 5.74) is -1.07. The molecule has 0 aromatic rings. The molecule has 2 atom stereocenters. The van der Waals surface area contributed by atoms with Crippen LogP contribution in [0.5, 0.6) is 0 Å². The fourth-order valence-corrected chi connectivity index (χ4v) is 4.87. The molecule has 12 nitrogen and oxygen atoms in total. The molecule has 2 fully saturated rings. The van der Waals surface area contributed by atoms with Crippen LogP contribution in [0.1, 0.15) is 80.1 Å². The molecule has 0 aromatic heterocycles. The highest BCUT2D eigenvalue weighted by Gasteiger charge is 2.28. The maximum absolute atomic E-state index is 11.9. The summed E-state index contributed by atoms with van der Waals surface area (Å²) >= 11 is 0. The molecule has 2 saturated heterocycles. The zero-order valence-corrected chi connectivity index (χ0v) is 26.1. The van der Waals surface area contributed by atoms with E-state index in [0.717, 1.165) is 45.2 Å². The van der Waals surface area contributed by atoms with Gasteiger partial charge < -0.3 is 34.7 Å². The SMILES string of the molecule is CC(C)(C)OC(=O)NC(CCO)C1CCOCC1.CC(C)(C)OC(=O)NC(CCOS(C)(=O)=O)C1CCOCC1. The van der Waals surface area contributed by atoms with Crippen LogP contribution in [0.3, 0.4) is 0 Å². The Balaban J connectivity index is 0.000000408. The van der Waals surface area contributed by atoms with E-state index in [9.17, 15) is 18.0 Å². The van der Waals surface area contributed by atoms with Gasteiger partial charge in [0.15, 0.2) is 0 Å². The number of nitrogens with one attached hydrogen (secondary N) is 2. The normalized spacial score (nSPS) is 19.0. The molecular formula is C27H52N2O10S. The van der Waals surface area contributed by atoms with Crippen molar-refractivity contribution in [2.75, 3.05) is 45.9 Å². The van der Waals surface area contributed by atoms with Crippen molar-refractivity contribution in [3.05, 3.63) is 0 Å². The van der Waals surface area contributed by atoms with Crippen molar-refractivity contribution in [1.82, 2.24) is 10.6 Å². The van der Waals surface area contributed by atoms with Crippen LogP contribution in [-0.4, -0.2) is 94.9 Å². The van der Waals surface area contributed by atoms with Crippen LogP contribution in [0.2, 0.25) is 0 Å². The maximum atomic E-state index is 11.9. The maximum Gasteiger partial charge on any atom is 0.407 e. The number of aliphatic hydroxyl groups is 1. The molecule has 0 saturated carbocycles. The van der Waals surface area contributed by atoms with Crippen molar-refractivity contribution in [2.24, 2.45) is 11.8 Å². The number of hydrogen-bond acceptors (Lipinski definition) is 10. The van der Waals surface area contributed by atoms with Gasteiger partial charge in [0, 0.05) is 45.1 Å². The van der Waals surface area contributed by atoms with Gasteiger partial charge in [0.05, 0.1) is 12.9 Å². The molecule has 0 bridgehead atoms. The number of hydrogen-bond donors (Lipinski definition) is 3. The zero-order valence-electron chi connectivity index (χ0n) is 25.3. The van der Waals surface area contributed by atoms with Crippen LogP contribution in [0.15, 0.2) is 0 Å². The highest BCUT2D eigenvalue weighted by Crippen LogP contribution is 2.23. The first-order valence-electron chi connectivity index (χ1n) is 14.1. The predicted octanol–water partition coefficient (Wildman–Crippen LogP) is 3.36. The van der Waals surface area contributed by atoms with Crippen molar-refractivity contribution in [3.63, 3.8) is 0 Å². The average molecular weight is 597 g/mol. The fourth-order valence-electron chi connectivity index (χ4n) is 4.47. The lowest BCUT2D eigenvalue weighted by Crippen LogP contribution is -2.45. The zero-order chi connectivity index (χ0) is 30.4. The van der Waals surface area contributed by atoms with Crippen molar-refractivity contribution in [3.8, 4) is 0 Å². The van der Waals surface area contributed by atoms with Gasteiger partial charge in [-0.15, -0.1) is 0 Å². The first-order valence-corrected chi connectivity index (χ1v) is 15.9. The Hall–Kier alpha value is -1.67. The Kier molecular flexibility index (Phi) is 15.7. The minimum absolute atomic E-state index is 0.0336. The first-order chi connectivity index (χ1) is 18.5. The van der Waals surface area contributed by atoms with Gasteiger partial charge in [0.2, 0.25) is 0 Å². The molecule has 2 aliphatic heterocycles. The standard InChI is InChI=1S/C14H27NO6S.C13H25NO4/c1-14(2,3)21-13(16)15-12(7-10-20-22(4,17)18)11-5-8-19-9-6-11;1-13(2,3)18-12(16)14-11(4-7-15)10-5-8-17-9-6-10/h11-12H,5-10H2,1-4H3,(H,15,16);10-11,15H,4-9H2,1-3H3,(H,14,16). The molecule has 13 heteroatoms. The quantitative estimate of drug-likeness (QED) is 0.319. The van der Waals surface area contributed by atoms with E-state index in [0.29, 0.717) is 32.0 Å². The van der Waals surface area contributed by atoms with Crippen LogP contribution in [0, 0.1) is 11.8 Å². The number of alkyl carbamates (subject to hydrolysis) is 2. The van der Waals surface area contributed by atoms with Crippen LogP contribution in [0.25, 0.3) is 0 Å². The summed E-state index contributed by atoms with van der Waals surface area (Å²) in [5.74, 6) is 0.586. The number of carbonyl (C=O) groups is 2. The van der Waals surface area contributed by atoms with E-state index < -0.39 is 33.5 Å². The van der Waals surface area contributed by atoms with Gasteiger partial charge in [-0.2, -0.15) is 8.42 Å². The Morgan fingerprint density at radius 2 is 1.18 bits per heavy atom. The number of ether oxygens (including phenoxy) is 4. The lowest BCUT2D eigenvalue weighted by atomic mass is 9.90. The second-order valence-corrected chi connectivity index (χ2v) is 13.9. The highest BCUT2D eigenvalue weighted by atomic mass is 32.2. The molecule has 0 aromatic carbocycles. The highest BCUT2D eigenvalue weighted by molar-refractivity contribution is 7.85. The molecular weight excluding hydrogens is 544 g/mol. The number of aliphatic hydroxyl groups excluding tert-OH is 1. The third kappa shape index (κ3) is 17.9. The van der Waals surface area contributed by atoms with Crippen LogP contribution in [0.4, 0.5) is 9.59 Å². The van der Waals surface area contributed by atoms with Crippen LogP contribution >= 0.6 is 0 Å². The Morgan fingerprint density at radius 3 is 1.50 bits per heavy atom. The minimum atomic E-state index is -3.48. The molecule has 2 amide bonds. The molecule has 2 aliphatic rings. The summed E-state index contributed by atoms with van der Waals surface area (Å²) in [4.78, 5) is 23.7. The van der Waals surface area contributed by atoms with E-state index >= 15 is 0 Å². The molecule has 0 radical (unpaired) electrons. The van der Waals surface area contributed by atoms with E-state index in [1.807, 2.05) is 20.8 Å². The monoisotopic (exact) mass is 596 g/mol. The van der Waals surface area contributed by atoms with Crippen molar-refractivity contribution >= 4 is 22.3 Å². The van der Waals surface area contributed by atoms with Gasteiger partial charge in [0.25, 0.3) is 10.1 Å². The summed E-state index contributed by atoms with van der Waals surface area (Å²) in [5, 5.41) is 14.8. The van der Waals surface area contributed by atoms with E-state index in [4.69, 9.17) is 28.2 Å². The van der Waals surface area contributed by atoms with Crippen LogP contribution < -0.4 is 10.6 Å². The van der Waals surface area contributed by atoms with Gasteiger partial charge in [-0.1, -0.05) is 0 Å². The van der Waals surface area contributed by atoms with Crippen molar-refractivity contribution in [1.29, 1.82) is 0 Å². The summed E-state index contributed by atoms with van der Waals surface area (Å²) in [6, 6.07) is -0.228. The van der Waals surface area contributed by atoms with E-state index in [-0.39, 0.29) is 31.2 Å². The Bertz CT molecular complexity index is 842. The molecule has 3 N–H and O–H groups in total. The predicted molar refractivity (Wildman–Crippen MR) is 151 cm³/mol. The molecule has 40 heavy (non-hydrogen) atoms. The van der Waals surface area contributed by atoms with Crippen molar-refractivity contribution < 1.29 is 46.2 Å². The smallest absolute Gasteiger partial charge is 0.407 e. The molecule has 236 valence electrons. The van der Waals surface area contributed by atoms with E-state index in [1.165, 1.54) is 0 Å². The van der Waals surface area contributed by atoms with Crippen LogP contribution in [-0.2, 0) is 33.2 Å². The van der Waals surface area contributed by atoms with Crippen molar-refractivity contribution in [2.45, 2.75) is 103 Å². The first kappa shape index (κ1) is 36.4. The fraction of sp³-hybridized carbons (Fsp3) is 0.926. The van der Waals surface area contributed by atoms with Gasteiger partial charge in [0.1, 0.15) is 11.2 Å². The van der Waals surface area contributed by atoms with Gasteiger partial charge >= 0.3 is 12.2 Å². The Labute approximate surface area is 240 Å². The lowest BCUT2D eigenvalue weighted by Gasteiger charge is -2.31. The topological polar surface area (TPSA) is 159 Å². The second-order valence-electron chi connectivity index (χ2n) is 12.2. The molecule has 2 rings (SSSR count). The number of amides is 2. The molecule has 2 heterocycles. The molecule has 0 aliphatic carbocycles. The summed E-state index contributed by atoms with van der Waals surface area (Å²) in [6.07, 6.45) is 4.55. The second kappa shape index (κ2) is 17.3. The van der Waals surface area contributed by atoms with Gasteiger partial charge in [-0.05, 0) is 91.9 Å².